The SMILES string of the molecule is CCC(C)(C)[C@H]1CCC(=O)/C(=C/Nc2ccc(SC#N)cc2)C1. The van der Waals surface area contributed by atoms with Gasteiger partial charge < -0.3 is 5.32 Å². The van der Waals surface area contributed by atoms with Crippen molar-refractivity contribution in [3.8, 4) is 5.40 Å². The number of anilines is 1. The minimum atomic E-state index is 0.261. The van der Waals surface area contributed by atoms with E-state index in [1.54, 1.807) is 0 Å². The number of Topliss-reactive ketones (excluding diaryl/α,β-unsaturated/α-hetero) is 1. The number of allylic oxidation sites excluding steroid dienone is 1. The largest absolute Gasteiger partial charge is 0.361 e. The van der Waals surface area contributed by atoms with Crippen molar-refractivity contribution in [1.29, 1.82) is 5.26 Å². The van der Waals surface area contributed by atoms with Crippen molar-refractivity contribution >= 4 is 23.2 Å². The summed E-state index contributed by atoms with van der Waals surface area (Å²) in [6.45, 7) is 6.81. The molecule has 0 aromatic heterocycles. The molecule has 1 fully saturated rings. The fraction of sp³-hybridized carbons (Fsp3) is 0.474. The summed E-state index contributed by atoms with van der Waals surface area (Å²) in [7, 11) is 0. The molecular formula is C19H24N2OS. The highest BCUT2D eigenvalue weighted by Gasteiger charge is 2.33. The zero-order valence-electron chi connectivity index (χ0n) is 14.1. The van der Waals surface area contributed by atoms with Crippen molar-refractivity contribution in [3.05, 3.63) is 36.0 Å². The van der Waals surface area contributed by atoms with Gasteiger partial charge in [-0.25, -0.2) is 0 Å². The van der Waals surface area contributed by atoms with Gasteiger partial charge in [-0.3, -0.25) is 4.79 Å². The van der Waals surface area contributed by atoms with E-state index in [1.165, 1.54) is 0 Å². The molecule has 0 unspecified atom stereocenters. The first-order chi connectivity index (χ1) is 11.0. The number of nitrogens with one attached hydrogen (secondary N) is 1. The van der Waals surface area contributed by atoms with Gasteiger partial charge in [-0.2, -0.15) is 5.26 Å². The summed E-state index contributed by atoms with van der Waals surface area (Å²) >= 11 is 1.14. The molecule has 1 aliphatic carbocycles. The van der Waals surface area contributed by atoms with E-state index in [-0.39, 0.29) is 11.2 Å². The van der Waals surface area contributed by atoms with E-state index in [4.69, 9.17) is 5.26 Å². The van der Waals surface area contributed by atoms with Crippen LogP contribution in [0.5, 0.6) is 0 Å². The number of nitrogens with zero attached hydrogens (tertiary/aromatic N) is 1. The van der Waals surface area contributed by atoms with Crippen molar-refractivity contribution in [2.45, 2.75) is 51.3 Å². The Kier molecular flexibility index (Phi) is 5.90. The molecule has 2 rings (SSSR count). The highest BCUT2D eigenvalue weighted by atomic mass is 32.2. The zero-order chi connectivity index (χ0) is 16.9. The highest BCUT2D eigenvalue weighted by Crippen LogP contribution is 2.41. The maximum absolute atomic E-state index is 12.2. The molecule has 0 spiro atoms. The lowest BCUT2D eigenvalue weighted by Crippen LogP contribution is -2.29. The van der Waals surface area contributed by atoms with Crippen molar-refractivity contribution in [3.63, 3.8) is 0 Å². The Hall–Kier alpha value is -1.73. The molecular weight excluding hydrogens is 304 g/mol. The number of carbonyl (C=O) groups excluding carboxylic acids is 1. The van der Waals surface area contributed by atoms with Gasteiger partial charge in [0.2, 0.25) is 0 Å². The minimum Gasteiger partial charge on any atom is -0.361 e. The first-order valence-electron chi connectivity index (χ1n) is 8.11. The number of hydrogen-bond donors (Lipinski definition) is 1. The number of ketones is 1. The maximum atomic E-state index is 12.2. The number of thiocyanates is 1. The van der Waals surface area contributed by atoms with E-state index in [0.717, 1.165) is 47.2 Å². The molecule has 1 atom stereocenters. The van der Waals surface area contributed by atoms with Gasteiger partial charge in [0, 0.05) is 28.8 Å². The Morgan fingerprint density at radius 1 is 1.39 bits per heavy atom. The third-order valence-corrected chi connectivity index (χ3v) is 5.59. The summed E-state index contributed by atoms with van der Waals surface area (Å²) in [5.41, 5.74) is 2.11. The van der Waals surface area contributed by atoms with Crippen LogP contribution in [-0.2, 0) is 4.79 Å². The Labute approximate surface area is 143 Å². The number of rotatable bonds is 5. The Bertz CT molecular complexity index is 626. The number of hydrogen-bond acceptors (Lipinski definition) is 4. The molecule has 0 aliphatic heterocycles. The molecule has 0 amide bonds. The van der Waals surface area contributed by atoms with E-state index >= 15 is 0 Å². The molecule has 122 valence electrons. The van der Waals surface area contributed by atoms with Crippen LogP contribution >= 0.6 is 11.8 Å². The van der Waals surface area contributed by atoms with Gasteiger partial charge in [-0.1, -0.05) is 27.2 Å². The lowest BCUT2D eigenvalue weighted by Gasteiger charge is -2.36. The average molecular weight is 328 g/mol. The van der Waals surface area contributed by atoms with E-state index in [9.17, 15) is 4.79 Å². The van der Waals surface area contributed by atoms with Gasteiger partial charge >= 0.3 is 0 Å². The Morgan fingerprint density at radius 3 is 2.70 bits per heavy atom. The van der Waals surface area contributed by atoms with Crippen LogP contribution in [0.1, 0.15) is 46.5 Å². The second-order valence-electron chi connectivity index (χ2n) is 6.74. The van der Waals surface area contributed by atoms with Crippen LogP contribution in [0.15, 0.2) is 40.9 Å². The Morgan fingerprint density at radius 2 is 2.09 bits per heavy atom. The van der Waals surface area contributed by atoms with Crippen LogP contribution in [0.2, 0.25) is 0 Å². The fourth-order valence-corrected chi connectivity index (χ4v) is 3.26. The fourth-order valence-electron chi connectivity index (χ4n) is 2.88. The molecule has 0 radical (unpaired) electrons. The van der Waals surface area contributed by atoms with Gasteiger partial charge in [0.05, 0.1) is 0 Å². The van der Waals surface area contributed by atoms with Crippen LogP contribution in [0.4, 0.5) is 5.69 Å². The van der Waals surface area contributed by atoms with Crippen LogP contribution in [-0.4, -0.2) is 5.78 Å². The molecule has 4 heteroatoms. The monoisotopic (exact) mass is 328 g/mol. The lowest BCUT2D eigenvalue weighted by atomic mass is 9.68. The molecule has 0 saturated heterocycles. The summed E-state index contributed by atoms with van der Waals surface area (Å²) in [4.78, 5) is 13.1. The molecule has 23 heavy (non-hydrogen) atoms. The second kappa shape index (κ2) is 7.70. The molecule has 0 heterocycles. The highest BCUT2D eigenvalue weighted by molar-refractivity contribution is 8.03. The van der Waals surface area contributed by atoms with Crippen LogP contribution in [0, 0.1) is 22.0 Å². The average Bonchev–Trinajstić information content (AvgIpc) is 2.55. The second-order valence-corrected chi connectivity index (χ2v) is 7.59. The molecule has 1 aromatic rings. The number of nitriles is 1. The lowest BCUT2D eigenvalue weighted by molar-refractivity contribution is -0.117. The van der Waals surface area contributed by atoms with Crippen LogP contribution in [0.25, 0.3) is 0 Å². The normalized spacial score (nSPS) is 20.3. The van der Waals surface area contributed by atoms with Crippen molar-refractivity contribution in [1.82, 2.24) is 0 Å². The van der Waals surface area contributed by atoms with E-state index in [2.05, 4.69) is 31.5 Å². The van der Waals surface area contributed by atoms with Crippen molar-refractivity contribution in [2.24, 2.45) is 11.3 Å². The molecule has 1 saturated carbocycles. The van der Waals surface area contributed by atoms with Gasteiger partial charge in [0.25, 0.3) is 0 Å². The van der Waals surface area contributed by atoms with Crippen LogP contribution < -0.4 is 5.32 Å². The van der Waals surface area contributed by atoms with E-state index < -0.39 is 0 Å². The standard InChI is InChI=1S/C19H24N2OS/c1-4-19(2,3)15-5-10-18(22)14(11-15)12-21-16-6-8-17(9-7-16)23-13-20/h6-9,12,15,21H,4-5,10-11H2,1-3H3/b14-12+/t15-/m0/s1. The molecule has 3 nitrogen and oxygen atoms in total. The molecule has 0 bridgehead atoms. The predicted molar refractivity (Wildman–Crippen MR) is 96.0 cm³/mol. The first-order valence-corrected chi connectivity index (χ1v) is 8.92. The molecule has 1 aromatic carbocycles. The van der Waals surface area contributed by atoms with Gasteiger partial charge in [-0.05, 0) is 60.2 Å². The van der Waals surface area contributed by atoms with Gasteiger partial charge in [0.1, 0.15) is 5.40 Å². The Balaban J connectivity index is 2.05. The van der Waals surface area contributed by atoms with E-state index in [1.807, 2.05) is 30.5 Å². The number of thioether (sulfide) groups is 1. The smallest absolute Gasteiger partial charge is 0.160 e. The molecule has 1 N–H and O–H groups in total. The third kappa shape index (κ3) is 4.62. The summed E-state index contributed by atoms with van der Waals surface area (Å²) in [6.07, 6.45) is 5.50. The van der Waals surface area contributed by atoms with Crippen molar-refractivity contribution in [2.75, 3.05) is 5.32 Å². The van der Waals surface area contributed by atoms with Crippen molar-refractivity contribution < 1.29 is 4.79 Å². The summed E-state index contributed by atoms with van der Waals surface area (Å²) in [5, 5.41) is 13.9. The topological polar surface area (TPSA) is 52.9 Å². The van der Waals surface area contributed by atoms with E-state index in [0.29, 0.717) is 12.3 Å². The number of benzene rings is 1. The maximum Gasteiger partial charge on any atom is 0.160 e. The predicted octanol–water partition coefficient (Wildman–Crippen LogP) is 5.36. The summed E-state index contributed by atoms with van der Waals surface area (Å²) in [5.74, 6) is 0.824. The summed E-state index contributed by atoms with van der Waals surface area (Å²) < 4.78 is 0. The molecule has 1 aliphatic rings. The quantitative estimate of drug-likeness (QED) is 0.449. The van der Waals surface area contributed by atoms with Crippen LogP contribution in [0.3, 0.4) is 0 Å². The van der Waals surface area contributed by atoms with Gasteiger partial charge in [-0.15, -0.1) is 0 Å². The third-order valence-electron chi connectivity index (χ3n) is 4.99. The number of carbonyl (C=O) groups is 1. The minimum absolute atomic E-state index is 0.261. The first kappa shape index (κ1) is 17.6. The summed E-state index contributed by atoms with van der Waals surface area (Å²) in [6, 6.07) is 7.66. The zero-order valence-corrected chi connectivity index (χ0v) is 14.9. The van der Waals surface area contributed by atoms with Gasteiger partial charge in [0.15, 0.2) is 5.78 Å².